The number of carbonyl (C=O) groups is 1. The van der Waals surface area contributed by atoms with Crippen LogP contribution < -0.4 is 10.2 Å². The number of thioether (sulfide) groups is 1. The molecule has 0 spiro atoms. The van der Waals surface area contributed by atoms with Gasteiger partial charge in [-0.05, 0) is 42.7 Å². The van der Waals surface area contributed by atoms with Crippen molar-refractivity contribution in [3.8, 4) is 11.3 Å². The van der Waals surface area contributed by atoms with E-state index in [-0.39, 0.29) is 12.0 Å². The van der Waals surface area contributed by atoms with Gasteiger partial charge in [-0.15, -0.1) is 0 Å². The van der Waals surface area contributed by atoms with Crippen molar-refractivity contribution in [3.63, 3.8) is 0 Å². The molecule has 1 N–H and O–H groups in total. The van der Waals surface area contributed by atoms with Gasteiger partial charge in [-0.1, -0.05) is 42.1 Å². The summed E-state index contributed by atoms with van der Waals surface area (Å²) in [6, 6.07) is 18.1. The molecule has 1 atom stereocenters. The Morgan fingerprint density at radius 2 is 1.97 bits per heavy atom. The van der Waals surface area contributed by atoms with Gasteiger partial charge < -0.3 is 19.5 Å². The zero-order chi connectivity index (χ0) is 21.6. The van der Waals surface area contributed by atoms with Crippen LogP contribution in [0.15, 0.2) is 66.0 Å². The maximum Gasteiger partial charge on any atom is 0.234 e. The van der Waals surface area contributed by atoms with E-state index < -0.39 is 0 Å². The number of nitrogens with one attached hydrogen (secondary N) is 1. The van der Waals surface area contributed by atoms with Gasteiger partial charge in [-0.25, -0.2) is 4.98 Å². The molecule has 2 heterocycles. The number of rotatable bonds is 8. The van der Waals surface area contributed by atoms with Crippen molar-refractivity contribution in [3.05, 3.63) is 60.8 Å². The minimum absolute atomic E-state index is 0.0458. The SMILES string of the molecule is CN(C)c1ccc(NC(=O)CSc2ncc(-c3ccccc3)n2C[C@H]2CCCO2)cc1. The normalized spacial score (nSPS) is 15.7. The van der Waals surface area contributed by atoms with Gasteiger partial charge in [-0.3, -0.25) is 4.79 Å². The van der Waals surface area contributed by atoms with Crippen LogP contribution in [0.1, 0.15) is 12.8 Å². The predicted molar refractivity (Wildman–Crippen MR) is 127 cm³/mol. The van der Waals surface area contributed by atoms with Gasteiger partial charge in [0.2, 0.25) is 5.91 Å². The smallest absolute Gasteiger partial charge is 0.234 e. The van der Waals surface area contributed by atoms with Gasteiger partial charge in [0, 0.05) is 32.1 Å². The lowest BCUT2D eigenvalue weighted by Gasteiger charge is -2.16. The third-order valence-corrected chi connectivity index (χ3v) is 6.29. The molecule has 0 saturated carbocycles. The number of carbonyl (C=O) groups excluding carboxylic acids is 1. The maximum atomic E-state index is 12.5. The van der Waals surface area contributed by atoms with E-state index >= 15 is 0 Å². The first-order valence-corrected chi connectivity index (χ1v) is 11.5. The van der Waals surface area contributed by atoms with E-state index in [1.807, 2.05) is 67.7 Å². The Balaban J connectivity index is 1.44. The summed E-state index contributed by atoms with van der Waals surface area (Å²) in [5, 5.41) is 3.81. The van der Waals surface area contributed by atoms with E-state index in [2.05, 4.69) is 27.0 Å². The summed E-state index contributed by atoms with van der Waals surface area (Å²) in [5.74, 6) is 0.252. The number of nitrogens with zero attached hydrogens (tertiary/aromatic N) is 3. The molecule has 1 amide bonds. The highest BCUT2D eigenvalue weighted by atomic mass is 32.2. The van der Waals surface area contributed by atoms with Crippen molar-refractivity contribution < 1.29 is 9.53 Å². The van der Waals surface area contributed by atoms with Gasteiger partial charge in [0.15, 0.2) is 5.16 Å². The molecule has 7 heteroatoms. The molecule has 1 aromatic heterocycles. The van der Waals surface area contributed by atoms with Crippen LogP contribution >= 0.6 is 11.8 Å². The molecule has 1 saturated heterocycles. The molecule has 0 bridgehead atoms. The number of hydrogen-bond acceptors (Lipinski definition) is 5. The van der Waals surface area contributed by atoms with Crippen molar-refractivity contribution in [1.82, 2.24) is 9.55 Å². The summed E-state index contributed by atoms with van der Waals surface area (Å²) in [4.78, 5) is 19.2. The summed E-state index contributed by atoms with van der Waals surface area (Å²) >= 11 is 1.46. The molecular formula is C24H28N4O2S. The molecule has 31 heavy (non-hydrogen) atoms. The van der Waals surface area contributed by atoms with Gasteiger partial charge >= 0.3 is 0 Å². The molecule has 2 aromatic carbocycles. The van der Waals surface area contributed by atoms with Gasteiger partial charge in [0.25, 0.3) is 0 Å². The molecule has 0 aliphatic carbocycles. The fourth-order valence-corrected chi connectivity index (χ4v) is 4.44. The zero-order valence-corrected chi connectivity index (χ0v) is 18.8. The fourth-order valence-electron chi connectivity index (χ4n) is 3.65. The predicted octanol–water partition coefficient (Wildman–Crippen LogP) is 4.53. The average Bonchev–Trinajstić information content (AvgIpc) is 3.44. The lowest BCUT2D eigenvalue weighted by Crippen LogP contribution is -2.18. The first kappa shape index (κ1) is 21.5. The number of aromatic nitrogens is 2. The lowest BCUT2D eigenvalue weighted by molar-refractivity contribution is -0.113. The van der Waals surface area contributed by atoms with Crippen LogP contribution in [-0.2, 0) is 16.1 Å². The van der Waals surface area contributed by atoms with Gasteiger partial charge in [-0.2, -0.15) is 0 Å². The first-order chi connectivity index (χ1) is 15.1. The molecule has 1 aliphatic rings. The maximum absolute atomic E-state index is 12.5. The number of imidazole rings is 1. The summed E-state index contributed by atoms with van der Waals surface area (Å²) in [6.07, 6.45) is 4.24. The Hall–Kier alpha value is -2.77. The number of hydrogen-bond donors (Lipinski definition) is 1. The highest BCUT2D eigenvalue weighted by molar-refractivity contribution is 7.99. The highest BCUT2D eigenvalue weighted by Crippen LogP contribution is 2.28. The minimum Gasteiger partial charge on any atom is -0.378 e. The molecule has 1 aliphatic heterocycles. The Bertz CT molecular complexity index is 996. The topological polar surface area (TPSA) is 59.4 Å². The zero-order valence-electron chi connectivity index (χ0n) is 18.0. The van der Waals surface area contributed by atoms with Crippen LogP contribution in [0.3, 0.4) is 0 Å². The van der Waals surface area contributed by atoms with Crippen molar-refractivity contribution in [1.29, 1.82) is 0 Å². The van der Waals surface area contributed by atoms with E-state index in [9.17, 15) is 4.79 Å². The summed E-state index contributed by atoms with van der Waals surface area (Å²) in [5.41, 5.74) is 4.06. The molecule has 0 radical (unpaired) electrons. The highest BCUT2D eigenvalue weighted by Gasteiger charge is 2.21. The van der Waals surface area contributed by atoms with Crippen LogP contribution in [0.5, 0.6) is 0 Å². The van der Waals surface area contributed by atoms with E-state index in [1.54, 1.807) is 0 Å². The Morgan fingerprint density at radius 1 is 1.19 bits per heavy atom. The summed E-state index contributed by atoms with van der Waals surface area (Å²) in [6.45, 7) is 1.57. The van der Waals surface area contributed by atoms with Crippen molar-refractivity contribution in [2.24, 2.45) is 0 Å². The first-order valence-electron chi connectivity index (χ1n) is 10.5. The Morgan fingerprint density at radius 3 is 2.65 bits per heavy atom. The van der Waals surface area contributed by atoms with Crippen LogP contribution in [0, 0.1) is 0 Å². The van der Waals surface area contributed by atoms with Crippen LogP contribution in [0.4, 0.5) is 11.4 Å². The molecule has 4 rings (SSSR count). The molecule has 162 valence electrons. The van der Waals surface area contributed by atoms with E-state index in [0.29, 0.717) is 5.75 Å². The number of anilines is 2. The van der Waals surface area contributed by atoms with Gasteiger partial charge in [0.05, 0.1) is 30.3 Å². The van der Waals surface area contributed by atoms with E-state index in [4.69, 9.17) is 4.74 Å². The quantitative estimate of drug-likeness (QED) is 0.526. The van der Waals surface area contributed by atoms with Crippen molar-refractivity contribution in [2.75, 3.05) is 36.7 Å². The largest absolute Gasteiger partial charge is 0.378 e. The Kier molecular flexibility index (Phi) is 6.94. The second-order valence-electron chi connectivity index (χ2n) is 7.82. The van der Waals surface area contributed by atoms with E-state index in [1.165, 1.54) is 11.8 Å². The Labute approximate surface area is 187 Å². The minimum atomic E-state index is -0.0458. The third kappa shape index (κ3) is 5.48. The number of amides is 1. The molecule has 3 aromatic rings. The van der Waals surface area contributed by atoms with Crippen LogP contribution in [-0.4, -0.2) is 48.0 Å². The third-order valence-electron chi connectivity index (χ3n) is 5.30. The molecule has 1 fully saturated rings. The fraction of sp³-hybridized carbons (Fsp3) is 0.333. The standard InChI is InChI=1S/C24H28N4O2S/c1-27(2)20-12-10-19(11-13-20)26-23(29)17-31-24-25-15-22(18-7-4-3-5-8-18)28(24)16-21-9-6-14-30-21/h3-5,7-8,10-13,15,21H,6,9,14,16-17H2,1-2H3,(H,26,29)/t21-/m1/s1. The van der Waals surface area contributed by atoms with Crippen molar-refractivity contribution >= 4 is 29.0 Å². The van der Waals surface area contributed by atoms with Crippen LogP contribution in [0.25, 0.3) is 11.3 Å². The molecule has 0 unspecified atom stereocenters. The number of ether oxygens (including phenoxy) is 1. The molecule has 6 nitrogen and oxygen atoms in total. The van der Waals surface area contributed by atoms with Crippen molar-refractivity contribution in [2.45, 2.75) is 30.6 Å². The van der Waals surface area contributed by atoms with Gasteiger partial charge in [0.1, 0.15) is 0 Å². The second-order valence-corrected chi connectivity index (χ2v) is 8.76. The van der Waals surface area contributed by atoms with Crippen LogP contribution in [0.2, 0.25) is 0 Å². The lowest BCUT2D eigenvalue weighted by atomic mass is 10.1. The summed E-state index contributed by atoms with van der Waals surface area (Å²) in [7, 11) is 3.99. The van der Waals surface area contributed by atoms with E-state index in [0.717, 1.165) is 53.8 Å². The summed E-state index contributed by atoms with van der Waals surface area (Å²) < 4.78 is 8.05. The second kappa shape index (κ2) is 10.0. The molecular weight excluding hydrogens is 408 g/mol. The average molecular weight is 437 g/mol. The monoisotopic (exact) mass is 436 g/mol. The number of benzene rings is 2.